The minimum absolute atomic E-state index is 0.344. The number of aromatic nitrogens is 3. The molecule has 3 rings (SSSR count). The maximum absolute atomic E-state index is 4.22. The van der Waals surface area contributed by atoms with Crippen LogP contribution in [0, 0.1) is 0 Å². The predicted octanol–water partition coefficient (Wildman–Crippen LogP) is 4.36. The molecule has 1 atom stereocenters. The molecule has 0 saturated carbocycles. The second-order valence-corrected chi connectivity index (χ2v) is 5.95. The Kier molecular flexibility index (Phi) is 3.74. The standard InChI is InChI=1S/C18H21N3/c1-13(2)15-6-4-8-18-16(15)9-11-21(18)12-14(3)17-7-5-10-19-20-17/h4-11,13-14H,12H2,1-3H3/t14-/m0/s1. The molecule has 3 aromatic rings. The van der Waals surface area contributed by atoms with E-state index in [1.807, 2.05) is 12.1 Å². The number of hydrogen-bond acceptors (Lipinski definition) is 2. The summed E-state index contributed by atoms with van der Waals surface area (Å²) in [5.41, 5.74) is 3.76. The maximum Gasteiger partial charge on any atom is 0.0677 e. The van der Waals surface area contributed by atoms with E-state index < -0.39 is 0 Å². The van der Waals surface area contributed by atoms with E-state index in [1.165, 1.54) is 16.5 Å². The molecule has 0 bridgehead atoms. The minimum atomic E-state index is 0.344. The molecule has 0 aliphatic rings. The van der Waals surface area contributed by atoms with Crippen molar-refractivity contribution in [2.24, 2.45) is 0 Å². The minimum Gasteiger partial charge on any atom is -0.347 e. The van der Waals surface area contributed by atoms with Crippen molar-refractivity contribution in [3.8, 4) is 0 Å². The fourth-order valence-corrected chi connectivity index (χ4v) is 2.87. The third kappa shape index (κ3) is 2.68. The van der Waals surface area contributed by atoms with Crippen LogP contribution in [0.15, 0.2) is 48.8 Å². The lowest BCUT2D eigenvalue weighted by Crippen LogP contribution is -2.07. The van der Waals surface area contributed by atoms with Crippen LogP contribution < -0.4 is 0 Å². The number of nitrogens with zero attached hydrogens (tertiary/aromatic N) is 3. The zero-order chi connectivity index (χ0) is 14.8. The van der Waals surface area contributed by atoms with E-state index in [-0.39, 0.29) is 0 Å². The van der Waals surface area contributed by atoms with Gasteiger partial charge in [0.05, 0.1) is 5.69 Å². The molecule has 1 aromatic carbocycles. The van der Waals surface area contributed by atoms with Crippen LogP contribution in [0.2, 0.25) is 0 Å². The fourth-order valence-electron chi connectivity index (χ4n) is 2.87. The van der Waals surface area contributed by atoms with E-state index in [0.717, 1.165) is 12.2 Å². The van der Waals surface area contributed by atoms with E-state index in [2.05, 4.69) is 66.0 Å². The SMILES string of the molecule is CC(C)c1cccc2c1ccn2C[C@H](C)c1cccnn1. The molecule has 0 saturated heterocycles. The number of rotatable bonds is 4. The van der Waals surface area contributed by atoms with Crippen LogP contribution in [-0.2, 0) is 6.54 Å². The highest BCUT2D eigenvalue weighted by Gasteiger charge is 2.12. The molecule has 108 valence electrons. The van der Waals surface area contributed by atoms with Crippen molar-refractivity contribution in [3.63, 3.8) is 0 Å². The van der Waals surface area contributed by atoms with Gasteiger partial charge in [0.15, 0.2) is 0 Å². The van der Waals surface area contributed by atoms with Crippen molar-refractivity contribution in [2.75, 3.05) is 0 Å². The van der Waals surface area contributed by atoms with Crippen LogP contribution in [0.25, 0.3) is 10.9 Å². The van der Waals surface area contributed by atoms with Gasteiger partial charge >= 0.3 is 0 Å². The zero-order valence-corrected chi connectivity index (χ0v) is 12.8. The summed E-state index contributed by atoms with van der Waals surface area (Å²) in [6.45, 7) is 7.61. The summed E-state index contributed by atoms with van der Waals surface area (Å²) in [5.74, 6) is 0.888. The first kappa shape index (κ1) is 13.8. The number of hydrogen-bond donors (Lipinski definition) is 0. The molecule has 3 heteroatoms. The smallest absolute Gasteiger partial charge is 0.0677 e. The lowest BCUT2D eigenvalue weighted by molar-refractivity contribution is 0.593. The summed E-state index contributed by atoms with van der Waals surface area (Å²) >= 11 is 0. The van der Waals surface area contributed by atoms with Gasteiger partial charge in [0.2, 0.25) is 0 Å². The zero-order valence-electron chi connectivity index (χ0n) is 12.8. The first-order chi connectivity index (χ1) is 10.2. The summed E-state index contributed by atoms with van der Waals surface area (Å²) in [6, 6.07) is 12.8. The average Bonchev–Trinajstić information content (AvgIpc) is 2.91. The lowest BCUT2D eigenvalue weighted by Gasteiger charge is -2.13. The Labute approximate surface area is 125 Å². The molecule has 21 heavy (non-hydrogen) atoms. The second kappa shape index (κ2) is 5.68. The monoisotopic (exact) mass is 279 g/mol. The van der Waals surface area contributed by atoms with Crippen LogP contribution >= 0.6 is 0 Å². The topological polar surface area (TPSA) is 30.7 Å². The predicted molar refractivity (Wildman–Crippen MR) is 86.5 cm³/mol. The van der Waals surface area contributed by atoms with Crippen LogP contribution in [0.3, 0.4) is 0 Å². The molecular formula is C18H21N3. The van der Waals surface area contributed by atoms with Gasteiger partial charge in [0.1, 0.15) is 0 Å². The van der Waals surface area contributed by atoms with Crippen LogP contribution in [-0.4, -0.2) is 14.8 Å². The Morgan fingerprint density at radius 1 is 1.05 bits per heavy atom. The van der Waals surface area contributed by atoms with Gasteiger partial charge in [0, 0.05) is 35.8 Å². The second-order valence-electron chi connectivity index (χ2n) is 5.95. The van der Waals surface area contributed by atoms with E-state index in [9.17, 15) is 0 Å². The fraction of sp³-hybridized carbons (Fsp3) is 0.333. The van der Waals surface area contributed by atoms with Gasteiger partial charge in [-0.3, -0.25) is 0 Å². The largest absolute Gasteiger partial charge is 0.347 e. The van der Waals surface area contributed by atoms with Crippen molar-refractivity contribution in [1.29, 1.82) is 0 Å². The van der Waals surface area contributed by atoms with Gasteiger partial charge in [-0.05, 0) is 35.7 Å². The summed E-state index contributed by atoms with van der Waals surface area (Å²) in [7, 11) is 0. The Morgan fingerprint density at radius 2 is 1.90 bits per heavy atom. The molecule has 0 aliphatic heterocycles. The highest BCUT2D eigenvalue weighted by molar-refractivity contribution is 5.84. The van der Waals surface area contributed by atoms with Gasteiger partial charge in [0.25, 0.3) is 0 Å². The molecule has 3 nitrogen and oxygen atoms in total. The molecule has 2 heterocycles. The Morgan fingerprint density at radius 3 is 2.62 bits per heavy atom. The van der Waals surface area contributed by atoms with Crippen molar-refractivity contribution < 1.29 is 0 Å². The molecule has 0 spiro atoms. The maximum atomic E-state index is 4.22. The van der Waals surface area contributed by atoms with Gasteiger partial charge < -0.3 is 4.57 Å². The molecule has 0 aliphatic carbocycles. The Bertz CT molecular complexity index is 729. The number of fused-ring (bicyclic) bond motifs is 1. The van der Waals surface area contributed by atoms with Crippen molar-refractivity contribution in [2.45, 2.75) is 39.2 Å². The van der Waals surface area contributed by atoms with Gasteiger partial charge in [-0.25, -0.2) is 0 Å². The molecule has 0 radical (unpaired) electrons. The van der Waals surface area contributed by atoms with Gasteiger partial charge in [-0.15, -0.1) is 0 Å². The van der Waals surface area contributed by atoms with E-state index >= 15 is 0 Å². The van der Waals surface area contributed by atoms with Gasteiger partial charge in [-0.1, -0.05) is 32.9 Å². The van der Waals surface area contributed by atoms with E-state index in [4.69, 9.17) is 0 Å². The van der Waals surface area contributed by atoms with Crippen molar-refractivity contribution in [3.05, 3.63) is 60.0 Å². The van der Waals surface area contributed by atoms with Crippen molar-refractivity contribution >= 4 is 10.9 Å². The lowest BCUT2D eigenvalue weighted by atomic mass is 9.99. The van der Waals surface area contributed by atoms with Crippen LogP contribution in [0.5, 0.6) is 0 Å². The summed E-state index contributed by atoms with van der Waals surface area (Å²) in [4.78, 5) is 0. The summed E-state index contributed by atoms with van der Waals surface area (Å²) < 4.78 is 2.32. The van der Waals surface area contributed by atoms with Gasteiger partial charge in [-0.2, -0.15) is 10.2 Å². The Balaban J connectivity index is 1.93. The Hall–Kier alpha value is -2.16. The third-order valence-corrected chi connectivity index (χ3v) is 4.04. The normalized spacial score (nSPS) is 13.0. The van der Waals surface area contributed by atoms with E-state index in [1.54, 1.807) is 6.20 Å². The van der Waals surface area contributed by atoms with Crippen LogP contribution in [0.4, 0.5) is 0 Å². The highest BCUT2D eigenvalue weighted by atomic mass is 15.1. The van der Waals surface area contributed by atoms with Crippen LogP contribution in [0.1, 0.15) is 43.9 Å². The first-order valence-corrected chi connectivity index (χ1v) is 7.52. The quantitative estimate of drug-likeness (QED) is 0.710. The molecule has 0 fully saturated rings. The highest BCUT2D eigenvalue weighted by Crippen LogP contribution is 2.27. The van der Waals surface area contributed by atoms with E-state index in [0.29, 0.717) is 11.8 Å². The summed E-state index contributed by atoms with van der Waals surface area (Å²) in [6.07, 6.45) is 3.90. The number of benzene rings is 1. The summed E-state index contributed by atoms with van der Waals surface area (Å²) in [5, 5.41) is 9.56. The average molecular weight is 279 g/mol. The molecule has 2 aromatic heterocycles. The molecule has 0 unspecified atom stereocenters. The molecular weight excluding hydrogens is 258 g/mol. The van der Waals surface area contributed by atoms with Crippen molar-refractivity contribution in [1.82, 2.24) is 14.8 Å². The molecule has 0 amide bonds. The third-order valence-electron chi connectivity index (χ3n) is 4.04. The molecule has 0 N–H and O–H groups in total. The first-order valence-electron chi connectivity index (χ1n) is 7.52.